The van der Waals surface area contributed by atoms with E-state index in [9.17, 15) is 18.0 Å². The highest BCUT2D eigenvalue weighted by molar-refractivity contribution is 7.92. The minimum absolute atomic E-state index is 0.0769. The molecule has 0 aliphatic carbocycles. The van der Waals surface area contributed by atoms with Crippen molar-refractivity contribution >= 4 is 27.5 Å². The zero-order valence-corrected chi connectivity index (χ0v) is 23.6. The molecule has 9 heteroatoms. The number of nitrogens with zero attached hydrogens (tertiary/aromatic N) is 2. The van der Waals surface area contributed by atoms with Gasteiger partial charge in [-0.05, 0) is 36.6 Å². The first kappa shape index (κ1) is 29.7. The highest BCUT2D eigenvalue weighted by atomic mass is 32.2. The molecule has 2 amide bonds. The van der Waals surface area contributed by atoms with Crippen molar-refractivity contribution in [1.29, 1.82) is 0 Å². The summed E-state index contributed by atoms with van der Waals surface area (Å²) >= 11 is 0. The van der Waals surface area contributed by atoms with Crippen LogP contribution in [0, 0.1) is 0 Å². The van der Waals surface area contributed by atoms with E-state index in [-0.39, 0.29) is 37.7 Å². The molecule has 208 valence electrons. The van der Waals surface area contributed by atoms with E-state index in [2.05, 4.69) is 5.32 Å². The third-order valence-corrected chi connectivity index (χ3v) is 7.51. The highest BCUT2D eigenvalue weighted by Crippen LogP contribution is 2.24. The SMILES string of the molecule is CCNC(=O)[C@@H](Cc1ccccc1)N(Cc1ccccc1)C(=O)CCCN(c1cccc(OC)c1)S(C)(=O)=O. The Balaban J connectivity index is 1.84. The van der Waals surface area contributed by atoms with Gasteiger partial charge >= 0.3 is 0 Å². The first-order chi connectivity index (χ1) is 18.7. The van der Waals surface area contributed by atoms with Crippen molar-refractivity contribution in [3.8, 4) is 5.75 Å². The van der Waals surface area contributed by atoms with E-state index < -0.39 is 16.1 Å². The number of amides is 2. The van der Waals surface area contributed by atoms with Crippen molar-refractivity contribution in [2.45, 2.75) is 38.8 Å². The number of nitrogens with one attached hydrogen (secondary N) is 1. The molecule has 3 aromatic rings. The average molecular weight is 552 g/mol. The molecule has 0 saturated carbocycles. The molecule has 3 aromatic carbocycles. The Labute approximate surface area is 231 Å². The third-order valence-electron chi connectivity index (χ3n) is 6.31. The molecule has 1 N–H and O–H groups in total. The fourth-order valence-electron chi connectivity index (χ4n) is 4.40. The van der Waals surface area contributed by atoms with Gasteiger partial charge in [-0.1, -0.05) is 66.7 Å². The maximum absolute atomic E-state index is 13.7. The summed E-state index contributed by atoms with van der Waals surface area (Å²) in [5.74, 6) is 0.0989. The number of rotatable bonds is 14. The number of sulfonamides is 1. The van der Waals surface area contributed by atoms with E-state index in [1.54, 1.807) is 29.2 Å². The van der Waals surface area contributed by atoms with Crippen molar-refractivity contribution in [3.05, 3.63) is 96.1 Å². The summed E-state index contributed by atoms with van der Waals surface area (Å²) < 4.78 is 31.7. The van der Waals surface area contributed by atoms with Crippen molar-refractivity contribution in [2.24, 2.45) is 0 Å². The van der Waals surface area contributed by atoms with E-state index in [1.165, 1.54) is 11.4 Å². The fourth-order valence-corrected chi connectivity index (χ4v) is 5.35. The van der Waals surface area contributed by atoms with Gasteiger partial charge in [0, 0.05) is 38.5 Å². The molecule has 0 heterocycles. The Morgan fingerprint density at radius 3 is 2.15 bits per heavy atom. The monoisotopic (exact) mass is 551 g/mol. The lowest BCUT2D eigenvalue weighted by atomic mass is 10.0. The Bertz CT molecular complexity index is 1320. The maximum atomic E-state index is 13.7. The van der Waals surface area contributed by atoms with Crippen LogP contribution < -0.4 is 14.4 Å². The summed E-state index contributed by atoms with van der Waals surface area (Å²) in [6.07, 6.45) is 1.86. The number of carbonyl (C=O) groups excluding carboxylic acids is 2. The van der Waals surface area contributed by atoms with Crippen molar-refractivity contribution < 1.29 is 22.7 Å². The van der Waals surface area contributed by atoms with Gasteiger partial charge in [0.1, 0.15) is 11.8 Å². The molecule has 0 spiro atoms. The molecule has 0 bridgehead atoms. The molecule has 8 nitrogen and oxygen atoms in total. The van der Waals surface area contributed by atoms with Crippen LogP contribution in [0.1, 0.15) is 30.9 Å². The standard InChI is InChI=1S/C30H37N3O5S/c1-4-31-30(35)28(21-24-13-7-5-8-14-24)32(23-25-15-9-6-10-16-25)29(34)19-12-20-33(39(3,36)37)26-17-11-18-27(22-26)38-2/h5-11,13-18,22,28H,4,12,19-21,23H2,1-3H3,(H,31,35)/t28-/m1/s1. The molecule has 0 saturated heterocycles. The molecule has 0 radical (unpaired) electrons. The molecule has 0 aliphatic heterocycles. The summed E-state index contributed by atoms with van der Waals surface area (Å²) in [7, 11) is -2.08. The Morgan fingerprint density at radius 2 is 1.56 bits per heavy atom. The van der Waals surface area contributed by atoms with Crippen LogP contribution in [0.4, 0.5) is 5.69 Å². The molecule has 0 aliphatic rings. The average Bonchev–Trinajstić information content (AvgIpc) is 2.93. The number of ether oxygens (including phenoxy) is 1. The van der Waals surface area contributed by atoms with E-state index in [0.29, 0.717) is 24.4 Å². The Morgan fingerprint density at radius 1 is 0.923 bits per heavy atom. The molecule has 0 fully saturated rings. The van der Waals surface area contributed by atoms with Crippen LogP contribution in [0.15, 0.2) is 84.9 Å². The first-order valence-corrected chi connectivity index (χ1v) is 14.8. The molecule has 3 rings (SSSR count). The van der Waals surface area contributed by atoms with Gasteiger partial charge < -0.3 is 15.0 Å². The van der Waals surface area contributed by atoms with Crippen molar-refractivity contribution in [3.63, 3.8) is 0 Å². The van der Waals surface area contributed by atoms with Crippen molar-refractivity contribution in [1.82, 2.24) is 10.2 Å². The second-order valence-corrected chi connectivity index (χ2v) is 11.2. The molecular formula is C30H37N3O5S. The zero-order valence-electron chi connectivity index (χ0n) is 22.7. The van der Waals surface area contributed by atoms with Crippen LogP contribution >= 0.6 is 0 Å². The van der Waals surface area contributed by atoms with Crippen LogP contribution in [0.5, 0.6) is 5.75 Å². The molecule has 0 unspecified atom stereocenters. The largest absolute Gasteiger partial charge is 0.497 e. The van der Waals surface area contributed by atoms with Gasteiger partial charge in [0.15, 0.2) is 0 Å². The second kappa shape index (κ2) is 14.3. The second-order valence-electron chi connectivity index (χ2n) is 9.25. The number of hydrogen-bond donors (Lipinski definition) is 1. The van der Waals surface area contributed by atoms with Crippen LogP contribution in [0.3, 0.4) is 0 Å². The van der Waals surface area contributed by atoms with Crippen LogP contribution in [0.25, 0.3) is 0 Å². The maximum Gasteiger partial charge on any atom is 0.243 e. The molecular weight excluding hydrogens is 514 g/mol. The lowest BCUT2D eigenvalue weighted by Gasteiger charge is -2.32. The first-order valence-electron chi connectivity index (χ1n) is 13.0. The summed E-state index contributed by atoms with van der Waals surface area (Å²) in [4.78, 5) is 28.6. The summed E-state index contributed by atoms with van der Waals surface area (Å²) in [6, 6.07) is 25.2. The van der Waals surface area contributed by atoms with Gasteiger partial charge in [-0.15, -0.1) is 0 Å². The number of hydrogen-bond acceptors (Lipinski definition) is 5. The topological polar surface area (TPSA) is 96.0 Å². The quantitative estimate of drug-likeness (QED) is 0.327. The molecule has 1 atom stereocenters. The highest BCUT2D eigenvalue weighted by Gasteiger charge is 2.30. The van der Waals surface area contributed by atoms with Crippen LogP contribution in [0.2, 0.25) is 0 Å². The number of benzene rings is 3. The number of likely N-dealkylation sites (N-methyl/N-ethyl adjacent to an activating group) is 1. The number of methoxy groups -OCH3 is 1. The van der Waals surface area contributed by atoms with Gasteiger partial charge in [-0.3, -0.25) is 13.9 Å². The van der Waals surface area contributed by atoms with Gasteiger partial charge in [0.2, 0.25) is 21.8 Å². The minimum Gasteiger partial charge on any atom is -0.497 e. The van der Waals surface area contributed by atoms with Crippen molar-refractivity contribution in [2.75, 3.05) is 30.8 Å². The zero-order chi connectivity index (χ0) is 28.3. The Kier molecular flexibility index (Phi) is 10.9. The normalized spacial score (nSPS) is 11.9. The summed E-state index contributed by atoms with van der Waals surface area (Å²) in [6.45, 7) is 2.67. The lowest BCUT2D eigenvalue weighted by molar-refractivity contribution is -0.141. The van der Waals surface area contributed by atoms with E-state index >= 15 is 0 Å². The van der Waals surface area contributed by atoms with Crippen LogP contribution in [-0.4, -0.2) is 57.6 Å². The van der Waals surface area contributed by atoms with Gasteiger partial charge in [-0.2, -0.15) is 0 Å². The number of anilines is 1. The predicted molar refractivity (Wildman–Crippen MR) is 154 cm³/mol. The fraction of sp³-hybridized carbons (Fsp3) is 0.333. The predicted octanol–water partition coefficient (Wildman–Crippen LogP) is 4.02. The van der Waals surface area contributed by atoms with Crippen LogP contribution in [-0.2, 0) is 32.6 Å². The van der Waals surface area contributed by atoms with Gasteiger partial charge in [0.25, 0.3) is 0 Å². The van der Waals surface area contributed by atoms with E-state index in [1.807, 2.05) is 67.6 Å². The van der Waals surface area contributed by atoms with Gasteiger partial charge in [0.05, 0.1) is 19.1 Å². The lowest BCUT2D eigenvalue weighted by Crippen LogP contribution is -2.50. The van der Waals surface area contributed by atoms with E-state index in [4.69, 9.17) is 4.74 Å². The molecule has 0 aromatic heterocycles. The van der Waals surface area contributed by atoms with Gasteiger partial charge in [-0.25, -0.2) is 8.42 Å². The minimum atomic E-state index is -3.60. The smallest absolute Gasteiger partial charge is 0.243 e. The third kappa shape index (κ3) is 8.85. The summed E-state index contributed by atoms with van der Waals surface area (Å²) in [5.41, 5.74) is 2.32. The Hall–Kier alpha value is -3.85. The summed E-state index contributed by atoms with van der Waals surface area (Å²) in [5, 5.41) is 2.88. The molecule has 39 heavy (non-hydrogen) atoms. The number of carbonyl (C=O) groups is 2. The van der Waals surface area contributed by atoms with E-state index in [0.717, 1.165) is 17.4 Å².